The molecule has 5 heteroatoms. The molecule has 2 unspecified atom stereocenters. The van der Waals surface area contributed by atoms with Gasteiger partial charge in [0, 0.05) is 23.6 Å². The topological polar surface area (TPSA) is 46.3 Å². The predicted octanol–water partition coefficient (Wildman–Crippen LogP) is 2.40. The Labute approximate surface area is 114 Å². The Morgan fingerprint density at radius 3 is 2.94 bits per heavy atom. The summed E-state index contributed by atoms with van der Waals surface area (Å²) >= 11 is 3.25. The van der Waals surface area contributed by atoms with Gasteiger partial charge >= 0.3 is 0 Å². The second kappa shape index (κ2) is 5.36. The largest absolute Gasteiger partial charge is 0.337 e. The van der Waals surface area contributed by atoms with E-state index in [0.717, 1.165) is 6.42 Å². The van der Waals surface area contributed by atoms with Crippen LogP contribution in [0.25, 0.3) is 0 Å². The molecule has 1 aromatic carbocycles. The molecule has 98 valence electrons. The third-order valence-corrected chi connectivity index (χ3v) is 3.96. The molecule has 18 heavy (non-hydrogen) atoms. The summed E-state index contributed by atoms with van der Waals surface area (Å²) in [7, 11) is 0. The van der Waals surface area contributed by atoms with Gasteiger partial charge in [0.1, 0.15) is 5.82 Å². The first-order chi connectivity index (χ1) is 8.49. The van der Waals surface area contributed by atoms with E-state index in [2.05, 4.69) is 22.9 Å². The second-order valence-corrected chi connectivity index (χ2v) is 5.72. The van der Waals surface area contributed by atoms with E-state index in [1.54, 1.807) is 11.0 Å². The van der Waals surface area contributed by atoms with Crippen molar-refractivity contribution in [2.75, 3.05) is 13.1 Å². The minimum atomic E-state index is -0.490. The van der Waals surface area contributed by atoms with Gasteiger partial charge in [0.05, 0.1) is 5.56 Å². The Kier molecular flexibility index (Phi) is 4.02. The smallest absolute Gasteiger partial charge is 0.256 e. The third kappa shape index (κ3) is 2.72. The van der Waals surface area contributed by atoms with Gasteiger partial charge in [0.2, 0.25) is 0 Å². The molecule has 0 aromatic heterocycles. The Morgan fingerprint density at radius 1 is 1.56 bits per heavy atom. The molecule has 1 fully saturated rings. The van der Waals surface area contributed by atoms with Crippen molar-refractivity contribution in [3.8, 4) is 0 Å². The Bertz CT molecular complexity index is 466. The first-order valence-electron chi connectivity index (χ1n) is 5.99. The van der Waals surface area contributed by atoms with Gasteiger partial charge in [-0.25, -0.2) is 4.39 Å². The molecule has 1 aromatic rings. The molecule has 1 aliphatic heterocycles. The fourth-order valence-electron chi connectivity index (χ4n) is 2.12. The number of carbonyl (C=O) groups excluding carboxylic acids is 1. The number of nitrogens with zero attached hydrogens (tertiary/aromatic N) is 1. The zero-order valence-electron chi connectivity index (χ0n) is 10.2. The van der Waals surface area contributed by atoms with Gasteiger partial charge in [-0.15, -0.1) is 0 Å². The van der Waals surface area contributed by atoms with Crippen molar-refractivity contribution in [2.45, 2.75) is 19.4 Å². The van der Waals surface area contributed by atoms with Crippen LogP contribution in [0.1, 0.15) is 23.7 Å². The molecule has 2 rings (SSSR count). The molecule has 1 saturated heterocycles. The highest BCUT2D eigenvalue weighted by Gasteiger charge is 2.28. The number of likely N-dealkylation sites (tertiary alicyclic amines) is 1. The first kappa shape index (κ1) is 13.5. The Balaban J connectivity index is 2.19. The monoisotopic (exact) mass is 314 g/mol. The quantitative estimate of drug-likeness (QED) is 0.865. The maximum atomic E-state index is 13.6. The molecule has 0 bridgehead atoms. The van der Waals surface area contributed by atoms with Crippen LogP contribution in [-0.4, -0.2) is 29.9 Å². The lowest BCUT2D eigenvalue weighted by Gasteiger charge is -2.35. The van der Waals surface area contributed by atoms with Crippen LogP contribution in [0, 0.1) is 11.7 Å². The predicted molar refractivity (Wildman–Crippen MR) is 71.8 cm³/mol. The summed E-state index contributed by atoms with van der Waals surface area (Å²) in [6.45, 7) is 3.21. The second-order valence-electron chi connectivity index (χ2n) is 4.81. The van der Waals surface area contributed by atoms with Crippen LogP contribution >= 0.6 is 15.9 Å². The van der Waals surface area contributed by atoms with E-state index in [4.69, 9.17) is 5.73 Å². The average Bonchev–Trinajstić information content (AvgIpc) is 2.35. The normalized spacial score (nSPS) is 24.1. The van der Waals surface area contributed by atoms with Gasteiger partial charge < -0.3 is 10.6 Å². The van der Waals surface area contributed by atoms with Gasteiger partial charge in [-0.1, -0.05) is 22.9 Å². The molecule has 3 nitrogen and oxygen atoms in total. The zero-order valence-corrected chi connectivity index (χ0v) is 11.8. The molecular weight excluding hydrogens is 299 g/mol. The number of nitrogens with two attached hydrogens (primary N) is 1. The minimum Gasteiger partial charge on any atom is -0.337 e. The fraction of sp³-hybridized carbons (Fsp3) is 0.462. The van der Waals surface area contributed by atoms with E-state index in [9.17, 15) is 9.18 Å². The maximum absolute atomic E-state index is 13.6. The Hall–Kier alpha value is -0.940. The summed E-state index contributed by atoms with van der Waals surface area (Å²) in [5, 5.41) is 0. The van der Waals surface area contributed by atoms with Crippen molar-refractivity contribution in [1.29, 1.82) is 0 Å². The molecule has 0 aliphatic carbocycles. The number of hydrogen-bond acceptors (Lipinski definition) is 2. The molecular formula is C13H16BrFN2O. The van der Waals surface area contributed by atoms with Crippen LogP contribution < -0.4 is 5.73 Å². The summed E-state index contributed by atoms with van der Waals surface area (Å²) in [4.78, 5) is 13.9. The van der Waals surface area contributed by atoms with Crippen molar-refractivity contribution in [2.24, 2.45) is 11.7 Å². The van der Waals surface area contributed by atoms with Crippen LogP contribution in [0.3, 0.4) is 0 Å². The third-order valence-electron chi connectivity index (χ3n) is 3.46. The molecule has 2 atom stereocenters. The molecule has 1 aliphatic rings. The number of halogens is 2. The molecule has 0 saturated carbocycles. The van der Waals surface area contributed by atoms with E-state index in [-0.39, 0.29) is 17.5 Å². The van der Waals surface area contributed by atoms with Gasteiger partial charge in [0.15, 0.2) is 0 Å². The van der Waals surface area contributed by atoms with Gasteiger partial charge in [-0.3, -0.25) is 4.79 Å². The number of hydrogen-bond donors (Lipinski definition) is 1. The highest BCUT2D eigenvalue weighted by molar-refractivity contribution is 9.10. The first-order valence-corrected chi connectivity index (χ1v) is 6.78. The number of amides is 1. The highest BCUT2D eigenvalue weighted by Crippen LogP contribution is 2.21. The summed E-state index contributed by atoms with van der Waals surface area (Å²) in [5.41, 5.74) is 6.06. The molecule has 2 N–H and O–H groups in total. The summed E-state index contributed by atoms with van der Waals surface area (Å²) in [6, 6.07) is 4.36. The lowest BCUT2D eigenvalue weighted by molar-refractivity contribution is 0.0667. The van der Waals surface area contributed by atoms with Crippen molar-refractivity contribution < 1.29 is 9.18 Å². The van der Waals surface area contributed by atoms with Crippen molar-refractivity contribution in [3.05, 3.63) is 34.1 Å². The van der Waals surface area contributed by atoms with Crippen LogP contribution in [-0.2, 0) is 0 Å². The average molecular weight is 315 g/mol. The fourth-order valence-corrected chi connectivity index (χ4v) is 2.48. The maximum Gasteiger partial charge on any atom is 0.256 e. The van der Waals surface area contributed by atoms with Crippen molar-refractivity contribution >= 4 is 21.8 Å². The van der Waals surface area contributed by atoms with E-state index in [0.29, 0.717) is 23.5 Å². The van der Waals surface area contributed by atoms with E-state index < -0.39 is 5.82 Å². The van der Waals surface area contributed by atoms with Gasteiger partial charge in [-0.05, 0) is 30.5 Å². The van der Waals surface area contributed by atoms with Gasteiger partial charge in [0.25, 0.3) is 5.91 Å². The van der Waals surface area contributed by atoms with Crippen LogP contribution in [0.4, 0.5) is 4.39 Å². The number of carbonyl (C=O) groups is 1. The molecule has 0 spiro atoms. The summed E-state index contributed by atoms with van der Waals surface area (Å²) < 4.78 is 14.3. The van der Waals surface area contributed by atoms with E-state index in [1.807, 2.05) is 0 Å². The highest BCUT2D eigenvalue weighted by atomic mass is 79.9. The van der Waals surface area contributed by atoms with E-state index >= 15 is 0 Å². The summed E-state index contributed by atoms with van der Waals surface area (Å²) in [6.07, 6.45) is 0.864. The SMILES string of the molecule is CC1CCN(C(=O)c2cc(Br)ccc2F)CC1N. The zero-order chi connectivity index (χ0) is 13.3. The van der Waals surface area contributed by atoms with Gasteiger partial charge in [-0.2, -0.15) is 0 Å². The number of piperidine rings is 1. The minimum absolute atomic E-state index is 0.0297. The molecule has 1 heterocycles. The lowest BCUT2D eigenvalue weighted by Crippen LogP contribution is -2.49. The van der Waals surface area contributed by atoms with E-state index in [1.165, 1.54) is 12.1 Å². The van der Waals surface area contributed by atoms with Crippen LogP contribution in [0.2, 0.25) is 0 Å². The molecule has 0 radical (unpaired) electrons. The number of rotatable bonds is 1. The Morgan fingerprint density at radius 2 is 2.28 bits per heavy atom. The van der Waals surface area contributed by atoms with Crippen molar-refractivity contribution in [1.82, 2.24) is 4.90 Å². The standard InChI is InChI=1S/C13H16BrFN2O/c1-8-4-5-17(7-12(8)16)13(18)10-6-9(14)2-3-11(10)15/h2-3,6,8,12H,4-5,7,16H2,1H3. The van der Waals surface area contributed by atoms with Crippen molar-refractivity contribution in [3.63, 3.8) is 0 Å². The molecule has 1 amide bonds. The summed E-state index contributed by atoms with van der Waals surface area (Å²) in [5.74, 6) is -0.368. The number of benzene rings is 1. The van der Waals surface area contributed by atoms with Crippen LogP contribution in [0.15, 0.2) is 22.7 Å². The lowest BCUT2D eigenvalue weighted by atomic mass is 9.94. The van der Waals surface area contributed by atoms with Crippen LogP contribution in [0.5, 0.6) is 0 Å².